The number of primary amides is 1. The molecule has 0 aromatic heterocycles. The first kappa shape index (κ1) is 14.8. The quantitative estimate of drug-likeness (QED) is 0.875. The first-order valence-corrected chi connectivity index (χ1v) is 7.31. The number of fused-ring (bicyclic) bond motifs is 1. The molecule has 2 amide bonds. The van der Waals surface area contributed by atoms with Gasteiger partial charge < -0.3 is 20.1 Å². The number of nitrogens with zero attached hydrogens (tertiary/aromatic N) is 1. The summed E-state index contributed by atoms with van der Waals surface area (Å²) in [7, 11) is 3.08. The molecule has 0 bridgehead atoms. The SMILES string of the molecule is COc1ccc2c(c1)CCC2C(=O)N1CC(OC)(C(N)=O)C1. The van der Waals surface area contributed by atoms with Gasteiger partial charge in [-0.25, -0.2) is 0 Å². The number of ether oxygens (including phenoxy) is 2. The van der Waals surface area contributed by atoms with Gasteiger partial charge in [0.2, 0.25) is 5.91 Å². The van der Waals surface area contributed by atoms with Gasteiger partial charge in [0.15, 0.2) is 5.60 Å². The minimum Gasteiger partial charge on any atom is -0.497 e. The molecule has 6 nitrogen and oxygen atoms in total. The highest BCUT2D eigenvalue weighted by molar-refractivity contribution is 5.91. The highest BCUT2D eigenvalue weighted by atomic mass is 16.5. The molecule has 1 aliphatic heterocycles. The fraction of sp³-hybridized carbons (Fsp3) is 0.500. The van der Waals surface area contributed by atoms with Crippen molar-refractivity contribution in [2.24, 2.45) is 5.73 Å². The third-order valence-corrected chi connectivity index (χ3v) is 4.77. The molecule has 1 heterocycles. The molecule has 2 aliphatic rings. The van der Waals surface area contributed by atoms with E-state index >= 15 is 0 Å². The van der Waals surface area contributed by atoms with Crippen molar-refractivity contribution in [3.63, 3.8) is 0 Å². The lowest BCUT2D eigenvalue weighted by Crippen LogP contribution is -2.70. The third kappa shape index (κ3) is 2.14. The van der Waals surface area contributed by atoms with Crippen molar-refractivity contribution in [2.75, 3.05) is 27.3 Å². The van der Waals surface area contributed by atoms with E-state index in [1.165, 1.54) is 7.11 Å². The van der Waals surface area contributed by atoms with Crippen molar-refractivity contribution >= 4 is 11.8 Å². The van der Waals surface area contributed by atoms with Gasteiger partial charge >= 0.3 is 0 Å². The van der Waals surface area contributed by atoms with Gasteiger partial charge in [-0.2, -0.15) is 0 Å². The molecule has 1 unspecified atom stereocenters. The number of nitrogens with two attached hydrogens (primary N) is 1. The van der Waals surface area contributed by atoms with E-state index in [1.807, 2.05) is 18.2 Å². The van der Waals surface area contributed by atoms with Gasteiger partial charge in [-0.1, -0.05) is 6.07 Å². The maximum Gasteiger partial charge on any atom is 0.253 e. The first-order valence-electron chi connectivity index (χ1n) is 7.31. The molecule has 1 aromatic carbocycles. The molecule has 0 saturated carbocycles. The summed E-state index contributed by atoms with van der Waals surface area (Å²) < 4.78 is 10.4. The number of hydrogen-bond acceptors (Lipinski definition) is 4. The van der Waals surface area contributed by atoms with Crippen molar-refractivity contribution in [3.8, 4) is 5.75 Å². The molecule has 22 heavy (non-hydrogen) atoms. The van der Waals surface area contributed by atoms with Crippen LogP contribution >= 0.6 is 0 Å². The number of likely N-dealkylation sites (tertiary alicyclic amines) is 1. The van der Waals surface area contributed by atoms with E-state index < -0.39 is 11.5 Å². The van der Waals surface area contributed by atoms with Crippen LogP contribution in [-0.4, -0.2) is 49.6 Å². The smallest absolute Gasteiger partial charge is 0.253 e. The molecule has 0 radical (unpaired) electrons. The average molecular weight is 304 g/mol. The number of carbonyl (C=O) groups excluding carboxylic acids is 2. The Hall–Kier alpha value is -2.08. The second-order valence-corrected chi connectivity index (χ2v) is 5.91. The van der Waals surface area contributed by atoms with Gasteiger partial charge in [-0.15, -0.1) is 0 Å². The van der Waals surface area contributed by atoms with Crippen LogP contribution < -0.4 is 10.5 Å². The maximum absolute atomic E-state index is 12.7. The van der Waals surface area contributed by atoms with Crippen molar-refractivity contribution in [1.82, 2.24) is 4.90 Å². The largest absolute Gasteiger partial charge is 0.497 e. The summed E-state index contributed by atoms with van der Waals surface area (Å²) in [5.74, 6) is 0.181. The van der Waals surface area contributed by atoms with Crippen LogP contribution in [0, 0.1) is 0 Å². The van der Waals surface area contributed by atoms with E-state index in [-0.39, 0.29) is 24.9 Å². The number of benzene rings is 1. The molecular weight excluding hydrogens is 284 g/mol. The molecule has 1 atom stereocenters. The third-order valence-electron chi connectivity index (χ3n) is 4.77. The van der Waals surface area contributed by atoms with Gasteiger partial charge in [-0.3, -0.25) is 9.59 Å². The van der Waals surface area contributed by atoms with Crippen molar-refractivity contribution < 1.29 is 19.1 Å². The van der Waals surface area contributed by atoms with Crippen LogP contribution in [0.2, 0.25) is 0 Å². The molecule has 1 fully saturated rings. The molecule has 3 rings (SSSR count). The predicted molar refractivity (Wildman–Crippen MR) is 79.6 cm³/mol. The second-order valence-electron chi connectivity index (χ2n) is 5.91. The van der Waals surface area contributed by atoms with E-state index in [4.69, 9.17) is 15.2 Å². The maximum atomic E-state index is 12.7. The topological polar surface area (TPSA) is 81.9 Å². The van der Waals surface area contributed by atoms with Gasteiger partial charge in [0.05, 0.1) is 26.1 Å². The molecule has 6 heteroatoms. The fourth-order valence-corrected chi connectivity index (χ4v) is 3.31. The summed E-state index contributed by atoms with van der Waals surface area (Å²) in [6.07, 6.45) is 1.65. The number of methoxy groups -OCH3 is 2. The Balaban J connectivity index is 1.73. The molecule has 1 aromatic rings. The normalized spacial score (nSPS) is 21.9. The minimum absolute atomic E-state index is 0.0397. The van der Waals surface area contributed by atoms with Gasteiger partial charge in [0, 0.05) is 7.11 Å². The number of aryl methyl sites for hydroxylation is 1. The molecule has 118 valence electrons. The lowest BCUT2D eigenvalue weighted by molar-refractivity contribution is -0.173. The summed E-state index contributed by atoms with van der Waals surface area (Å²) in [6.45, 7) is 0.472. The van der Waals surface area contributed by atoms with E-state index in [1.54, 1.807) is 12.0 Å². The summed E-state index contributed by atoms with van der Waals surface area (Å²) in [5, 5.41) is 0. The highest BCUT2D eigenvalue weighted by Gasteiger charge is 2.52. The molecular formula is C16H20N2O4. The van der Waals surface area contributed by atoms with Crippen molar-refractivity contribution in [3.05, 3.63) is 29.3 Å². The number of hydrogen-bond donors (Lipinski definition) is 1. The van der Waals surface area contributed by atoms with Crippen LogP contribution in [0.5, 0.6) is 5.75 Å². The summed E-state index contributed by atoms with van der Waals surface area (Å²) in [6, 6.07) is 5.83. The molecule has 1 aliphatic carbocycles. The molecule has 0 spiro atoms. The van der Waals surface area contributed by atoms with Crippen molar-refractivity contribution in [1.29, 1.82) is 0 Å². The van der Waals surface area contributed by atoms with Gasteiger partial charge in [0.1, 0.15) is 5.75 Å². The zero-order chi connectivity index (χ0) is 15.9. The van der Waals surface area contributed by atoms with Gasteiger partial charge in [0.25, 0.3) is 5.91 Å². The Morgan fingerprint density at radius 3 is 2.64 bits per heavy atom. The standard InChI is InChI=1S/C16H20N2O4/c1-21-11-4-6-12-10(7-11)3-5-13(12)14(19)18-8-16(9-18,22-2)15(17)20/h4,6-7,13H,3,5,8-9H2,1-2H3,(H2,17,20). The van der Waals surface area contributed by atoms with Crippen LogP contribution in [0.25, 0.3) is 0 Å². The van der Waals surface area contributed by atoms with E-state index in [0.717, 1.165) is 29.7 Å². The summed E-state index contributed by atoms with van der Waals surface area (Å²) >= 11 is 0. The Kier molecular flexibility index (Phi) is 3.56. The molecule has 2 N–H and O–H groups in total. The second kappa shape index (κ2) is 5.28. The molecule has 1 saturated heterocycles. The van der Waals surface area contributed by atoms with E-state index in [9.17, 15) is 9.59 Å². The average Bonchev–Trinajstić information content (AvgIpc) is 2.88. The Bertz CT molecular complexity index is 623. The zero-order valence-electron chi connectivity index (χ0n) is 12.8. The Morgan fingerprint density at radius 1 is 1.32 bits per heavy atom. The van der Waals surface area contributed by atoms with Gasteiger partial charge in [-0.05, 0) is 36.1 Å². The lowest BCUT2D eigenvalue weighted by atomic mass is 9.90. The Morgan fingerprint density at radius 2 is 2.05 bits per heavy atom. The predicted octanol–water partition coefficient (Wildman–Crippen LogP) is 0.438. The van der Waals surface area contributed by atoms with Crippen LogP contribution in [-0.2, 0) is 20.7 Å². The minimum atomic E-state index is -1.02. The first-order chi connectivity index (χ1) is 10.5. The number of rotatable bonds is 4. The van der Waals surface area contributed by atoms with E-state index in [2.05, 4.69) is 0 Å². The lowest BCUT2D eigenvalue weighted by Gasteiger charge is -2.47. The Labute approximate surface area is 129 Å². The van der Waals surface area contributed by atoms with E-state index in [0.29, 0.717) is 0 Å². The van der Waals surface area contributed by atoms with Crippen LogP contribution in [0.3, 0.4) is 0 Å². The summed E-state index contributed by atoms with van der Waals surface area (Å²) in [4.78, 5) is 25.7. The van der Waals surface area contributed by atoms with Crippen molar-refractivity contribution in [2.45, 2.75) is 24.4 Å². The number of amides is 2. The fourth-order valence-electron chi connectivity index (χ4n) is 3.31. The van der Waals surface area contributed by atoms with Crippen LogP contribution in [0.1, 0.15) is 23.5 Å². The zero-order valence-corrected chi connectivity index (χ0v) is 12.8. The monoisotopic (exact) mass is 304 g/mol. The number of carbonyl (C=O) groups is 2. The highest BCUT2D eigenvalue weighted by Crippen LogP contribution is 2.38. The van der Waals surface area contributed by atoms with Crippen LogP contribution in [0.15, 0.2) is 18.2 Å². The summed E-state index contributed by atoms with van der Waals surface area (Å²) in [5.41, 5.74) is 6.55. The van der Waals surface area contributed by atoms with Crippen LogP contribution in [0.4, 0.5) is 0 Å².